The van der Waals surface area contributed by atoms with Gasteiger partial charge < -0.3 is 10.6 Å². The third-order valence-electron chi connectivity index (χ3n) is 5.17. The van der Waals surface area contributed by atoms with Gasteiger partial charge in [-0.1, -0.05) is 11.6 Å². The zero-order valence-corrected chi connectivity index (χ0v) is 19.1. The van der Waals surface area contributed by atoms with Crippen LogP contribution in [0.1, 0.15) is 19.8 Å². The van der Waals surface area contributed by atoms with Crippen molar-refractivity contribution < 1.29 is 21.6 Å². The smallest absolute Gasteiger partial charge is 0.242 e. The molecule has 0 aromatic heterocycles. The highest BCUT2D eigenvalue weighted by molar-refractivity contribution is 7.89. The first-order valence-electron chi connectivity index (χ1n) is 9.91. The molecule has 1 aromatic rings. The van der Waals surface area contributed by atoms with Crippen molar-refractivity contribution in [3.8, 4) is 0 Å². The molecule has 1 aliphatic heterocycles. The topological polar surface area (TPSA) is 125 Å². The number of carbonyl (C=O) groups is 1. The molecule has 30 heavy (non-hydrogen) atoms. The minimum atomic E-state index is -3.81. The highest BCUT2D eigenvalue weighted by Gasteiger charge is 2.35. The van der Waals surface area contributed by atoms with E-state index in [1.807, 2.05) is 0 Å². The first-order chi connectivity index (χ1) is 14.1. The van der Waals surface area contributed by atoms with Crippen LogP contribution in [0.4, 0.5) is 5.69 Å². The zero-order valence-electron chi connectivity index (χ0n) is 16.7. The SMILES string of the molecule is CCS(=O)(=O)N1CC(CNS(=O)(=O)c2ccc(NCCNC(=O)C3CC3)cc2Cl)C1. The average Bonchev–Trinajstić information content (AvgIpc) is 3.48. The summed E-state index contributed by atoms with van der Waals surface area (Å²) in [6.45, 7) is 3.32. The van der Waals surface area contributed by atoms with Crippen LogP contribution in [-0.4, -0.2) is 65.5 Å². The van der Waals surface area contributed by atoms with Gasteiger partial charge in [-0.05, 0) is 38.0 Å². The third kappa shape index (κ3) is 5.85. The number of carbonyl (C=O) groups excluding carboxylic acids is 1. The second-order valence-corrected chi connectivity index (χ2v) is 12.0. The molecule has 0 atom stereocenters. The van der Waals surface area contributed by atoms with Gasteiger partial charge in [-0.15, -0.1) is 0 Å². The van der Waals surface area contributed by atoms with Crippen LogP contribution < -0.4 is 15.4 Å². The van der Waals surface area contributed by atoms with E-state index in [9.17, 15) is 21.6 Å². The van der Waals surface area contributed by atoms with Gasteiger partial charge in [0.1, 0.15) is 4.90 Å². The first kappa shape index (κ1) is 23.3. The molecule has 1 saturated carbocycles. The fraction of sp³-hybridized carbons (Fsp3) is 0.611. The summed E-state index contributed by atoms with van der Waals surface area (Å²) in [5, 5.41) is 6.01. The number of hydrogen-bond donors (Lipinski definition) is 3. The van der Waals surface area contributed by atoms with Gasteiger partial charge in [0, 0.05) is 50.2 Å². The molecule has 2 aliphatic rings. The predicted octanol–water partition coefficient (Wildman–Crippen LogP) is 0.838. The van der Waals surface area contributed by atoms with Crippen molar-refractivity contribution in [3.63, 3.8) is 0 Å². The molecule has 0 radical (unpaired) electrons. The Morgan fingerprint density at radius 3 is 2.47 bits per heavy atom. The number of nitrogens with one attached hydrogen (secondary N) is 3. The Labute approximate surface area is 182 Å². The summed E-state index contributed by atoms with van der Waals surface area (Å²) in [4.78, 5) is 11.5. The number of halogens is 1. The number of anilines is 1. The van der Waals surface area contributed by atoms with Crippen LogP contribution in [-0.2, 0) is 24.8 Å². The fourth-order valence-electron chi connectivity index (χ4n) is 3.08. The van der Waals surface area contributed by atoms with E-state index in [1.165, 1.54) is 16.4 Å². The molecule has 3 N–H and O–H groups in total. The molecule has 1 saturated heterocycles. The normalized spacial score (nSPS) is 18.1. The van der Waals surface area contributed by atoms with Gasteiger partial charge in [0.25, 0.3) is 0 Å². The summed E-state index contributed by atoms with van der Waals surface area (Å²) in [6.07, 6.45) is 1.91. The van der Waals surface area contributed by atoms with Crippen LogP contribution in [0.25, 0.3) is 0 Å². The summed E-state index contributed by atoms with van der Waals surface area (Å²) in [6, 6.07) is 4.56. The lowest BCUT2D eigenvalue weighted by Crippen LogP contribution is -2.54. The van der Waals surface area contributed by atoms with Crippen molar-refractivity contribution in [2.75, 3.05) is 43.8 Å². The molecular formula is C18H27ClN4O5S2. The van der Waals surface area contributed by atoms with Crippen molar-refractivity contribution in [3.05, 3.63) is 23.2 Å². The predicted molar refractivity (Wildman–Crippen MR) is 115 cm³/mol. The van der Waals surface area contributed by atoms with E-state index in [4.69, 9.17) is 11.6 Å². The lowest BCUT2D eigenvalue weighted by Gasteiger charge is -2.37. The van der Waals surface area contributed by atoms with Crippen LogP contribution in [0.5, 0.6) is 0 Å². The van der Waals surface area contributed by atoms with Gasteiger partial charge in [-0.3, -0.25) is 4.79 Å². The number of amides is 1. The van der Waals surface area contributed by atoms with E-state index < -0.39 is 20.0 Å². The van der Waals surface area contributed by atoms with E-state index in [2.05, 4.69) is 15.4 Å². The molecule has 1 aliphatic carbocycles. The molecule has 1 heterocycles. The third-order valence-corrected chi connectivity index (χ3v) is 8.89. The maximum absolute atomic E-state index is 12.6. The Hall–Kier alpha value is -1.40. The summed E-state index contributed by atoms with van der Waals surface area (Å²) < 4.78 is 52.4. The summed E-state index contributed by atoms with van der Waals surface area (Å²) in [7, 11) is -7.03. The highest BCUT2D eigenvalue weighted by atomic mass is 35.5. The maximum atomic E-state index is 12.6. The van der Waals surface area contributed by atoms with Gasteiger partial charge in [0.2, 0.25) is 26.0 Å². The largest absolute Gasteiger partial charge is 0.383 e. The second kappa shape index (κ2) is 9.39. The van der Waals surface area contributed by atoms with Crippen LogP contribution in [0.2, 0.25) is 5.02 Å². The van der Waals surface area contributed by atoms with Gasteiger partial charge in [-0.2, -0.15) is 0 Å². The highest BCUT2D eigenvalue weighted by Crippen LogP contribution is 2.28. The standard InChI is InChI=1S/C18H27ClN4O5S2/c1-2-29(25,26)23-11-13(12-23)10-22-30(27,28)17-6-5-15(9-16(17)19)20-7-8-21-18(24)14-3-4-14/h5-6,9,13-14,20,22H,2-4,7-8,10-12H2,1H3,(H,21,24). The van der Waals surface area contributed by atoms with Crippen molar-refractivity contribution in [1.29, 1.82) is 0 Å². The van der Waals surface area contributed by atoms with Crippen LogP contribution >= 0.6 is 11.6 Å². The summed E-state index contributed by atoms with van der Waals surface area (Å²) in [5.74, 6) is 0.209. The lowest BCUT2D eigenvalue weighted by atomic mass is 10.0. The average molecular weight is 479 g/mol. The summed E-state index contributed by atoms with van der Waals surface area (Å²) in [5.41, 5.74) is 0.652. The van der Waals surface area contributed by atoms with E-state index in [-0.39, 0.29) is 40.0 Å². The van der Waals surface area contributed by atoms with Gasteiger partial charge in [0.05, 0.1) is 10.8 Å². The number of nitrogens with zero attached hydrogens (tertiary/aromatic N) is 1. The Bertz CT molecular complexity index is 990. The molecule has 0 bridgehead atoms. The molecule has 1 amide bonds. The molecule has 2 fully saturated rings. The Morgan fingerprint density at radius 2 is 1.87 bits per heavy atom. The van der Waals surface area contributed by atoms with Crippen molar-refractivity contribution in [1.82, 2.24) is 14.3 Å². The second-order valence-electron chi connectivity index (χ2n) is 7.57. The van der Waals surface area contributed by atoms with E-state index in [1.54, 1.807) is 13.0 Å². The van der Waals surface area contributed by atoms with Gasteiger partial charge in [-0.25, -0.2) is 25.9 Å². The molecule has 168 valence electrons. The maximum Gasteiger partial charge on any atom is 0.242 e. The lowest BCUT2D eigenvalue weighted by molar-refractivity contribution is -0.122. The van der Waals surface area contributed by atoms with E-state index >= 15 is 0 Å². The zero-order chi connectivity index (χ0) is 21.9. The molecular weight excluding hydrogens is 452 g/mol. The molecule has 0 spiro atoms. The fourth-order valence-corrected chi connectivity index (χ4v) is 5.98. The molecule has 0 unspecified atom stereocenters. The van der Waals surface area contributed by atoms with Gasteiger partial charge in [0.15, 0.2) is 0 Å². The van der Waals surface area contributed by atoms with Crippen molar-refractivity contribution in [2.45, 2.75) is 24.7 Å². The number of rotatable bonds is 11. The van der Waals surface area contributed by atoms with E-state index in [0.717, 1.165) is 12.8 Å². The van der Waals surface area contributed by atoms with Gasteiger partial charge >= 0.3 is 0 Å². The molecule has 3 rings (SSSR count). The Balaban J connectivity index is 1.46. The van der Waals surface area contributed by atoms with E-state index in [0.29, 0.717) is 31.9 Å². The monoisotopic (exact) mass is 478 g/mol. The minimum absolute atomic E-state index is 0.0332. The minimum Gasteiger partial charge on any atom is -0.383 e. The molecule has 1 aromatic carbocycles. The Morgan fingerprint density at radius 1 is 1.17 bits per heavy atom. The molecule has 9 nitrogen and oxygen atoms in total. The number of hydrogen-bond acceptors (Lipinski definition) is 6. The quantitative estimate of drug-likeness (QED) is 0.405. The van der Waals surface area contributed by atoms with Crippen molar-refractivity contribution in [2.24, 2.45) is 11.8 Å². The number of benzene rings is 1. The van der Waals surface area contributed by atoms with Crippen LogP contribution in [0.15, 0.2) is 23.1 Å². The van der Waals surface area contributed by atoms with Crippen LogP contribution in [0, 0.1) is 11.8 Å². The summed E-state index contributed by atoms with van der Waals surface area (Å²) >= 11 is 6.18. The Kier molecular flexibility index (Phi) is 7.28. The van der Waals surface area contributed by atoms with Crippen molar-refractivity contribution >= 4 is 43.2 Å². The molecule has 12 heteroatoms. The first-order valence-corrected chi connectivity index (χ1v) is 13.4. The number of sulfonamides is 2. The van der Waals surface area contributed by atoms with Crippen LogP contribution in [0.3, 0.4) is 0 Å².